The minimum atomic E-state index is 0.264. The number of hydrogen-bond acceptors (Lipinski definition) is 4. The summed E-state index contributed by atoms with van der Waals surface area (Å²) >= 11 is 0. The van der Waals surface area contributed by atoms with E-state index in [1.54, 1.807) is 36.5 Å². The van der Waals surface area contributed by atoms with Crippen molar-refractivity contribution in [1.82, 2.24) is 4.98 Å². The van der Waals surface area contributed by atoms with Crippen molar-refractivity contribution in [3.8, 4) is 5.75 Å². The quantitative estimate of drug-likeness (QED) is 0.732. The molecule has 1 aromatic heterocycles. The molecule has 4 nitrogen and oxygen atoms in total. The molecule has 0 atom stereocenters. The predicted octanol–water partition coefficient (Wildman–Crippen LogP) is 1.98. The molecule has 16 heavy (non-hydrogen) atoms. The van der Waals surface area contributed by atoms with E-state index in [9.17, 15) is 5.11 Å². The number of phenols is 1. The lowest BCUT2D eigenvalue weighted by molar-refractivity contribution is 0.474. The van der Waals surface area contributed by atoms with Crippen molar-refractivity contribution in [3.05, 3.63) is 48.2 Å². The van der Waals surface area contributed by atoms with Crippen molar-refractivity contribution in [3.63, 3.8) is 0 Å². The van der Waals surface area contributed by atoms with Crippen LogP contribution in [0.2, 0.25) is 0 Å². The third kappa shape index (κ3) is 2.63. The number of pyridine rings is 1. The average molecular weight is 215 g/mol. The first-order valence-corrected chi connectivity index (χ1v) is 4.97. The minimum absolute atomic E-state index is 0.264. The largest absolute Gasteiger partial charge is 0.508 e. The van der Waals surface area contributed by atoms with Gasteiger partial charge >= 0.3 is 0 Å². The molecule has 0 saturated heterocycles. The summed E-state index contributed by atoms with van der Waals surface area (Å²) in [7, 11) is 0. The highest BCUT2D eigenvalue weighted by Crippen LogP contribution is 2.13. The summed E-state index contributed by atoms with van der Waals surface area (Å²) in [4.78, 5) is 4.12. The fourth-order valence-electron chi connectivity index (χ4n) is 1.40. The number of phenolic OH excluding ortho intramolecular Hbond substituents is 1. The van der Waals surface area contributed by atoms with Crippen LogP contribution in [-0.2, 0) is 6.54 Å². The summed E-state index contributed by atoms with van der Waals surface area (Å²) < 4.78 is 0. The number of hydrogen-bond donors (Lipinski definition) is 3. The van der Waals surface area contributed by atoms with E-state index in [1.165, 1.54) is 0 Å². The number of nitrogen functional groups attached to an aromatic ring is 1. The third-order valence-corrected chi connectivity index (χ3v) is 2.17. The van der Waals surface area contributed by atoms with Crippen molar-refractivity contribution in [2.45, 2.75) is 6.54 Å². The van der Waals surface area contributed by atoms with Crippen molar-refractivity contribution < 1.29 is 5.11 Å². The lowest BCUT2D eigenvalue weighted by atomic mass is 10.2. The van der Waals surface area contributed by atoms with Crippen LogP contribution in [0.1, 0.15) is 5.56 Å². The van der Waals surface area contributed by atoms with E-state index < -0.39 is 0 Å². The van der Waals surface area contributed by atoms with E-state index in [1.807, 2.05) is 6.07 Å². The molecule has 0 aliphatic carbocycles. The molecule has 0 spiro atoms. The van der Waals surface area contributed by atoms with E-state index in [-0.39, 0.29) is 5.75 Å². The van der Waals surface area contributed by atoms with E-state index >= 15 is 0 Å². The second kappa shape index (κ2) is 4.53. The van der Waals surface area contributed by atoms with E-state index in [4.69, 9.17) is 5.73 Å². The Morgan fingerprint density at radius 3 is 2.88 bits per heavy atom. The lowest BCUT2D eigenvalue weighted by Gasteiger charge is -2.06. The maximum absolute atomic E-state index is 9.29. The fourth-order valence-corrected chi connectivity index (χ4v) is 1.40. The highest BCUT2D eigenvalue weighted by molar-refractivity contribution is 5.48. The third-order valence-electron chi connectivity index (χ3n) is 2.17. The zero-order valence-electron chi connectivity index (χ0n) is 8.72. The molecule has 1 heterocycles. The molecule has 1 aromatic carbocycles. The molecule has 2 rings (SSSR count). The van der Waals surface area contributed by atoms with Gasteiger partial charge in [0, 0.05) is 24.5 Å². The van der Waals surface area contributed by atoms with Crippen molar-refractivity contribution in [2.24, 2.45) is 0 Å². The van der Waals surface area contributed by atoms with Crippen LogP contribution in [0.15, 0.2) is 42.6 Å². The van der Waals surface area contributed by atoms with E-state index in [2.05, 4.69) is 10.3 Å². The number of rotatable bonds is 3. The number of benzene rings is 1. The number of anilines is 2. The predicted molar refractivity (Wildman–Crippen MR) is 64.1 cm³/mol. The molecule has 2 aromatic rings. The Morgan fingerprint density at radius 1 is 1.25 bits per heavy atom. The van der Waals surface area contributed by atoms with Gasteiger partial charge in [0.15, 0.2) is 0 Å². The molecular weight excluding hydrogens is 202 g/mol. The van der Waals surface area contributed by atoms with Crippen LogP contribution in [0.4, 0.5) is 11.5 Å². The summed E-state index contributed by atoms with van der Waals surface area (Å²) in [6.45, 7) is 0.602. The number of nitrogens with two attached hydrogens (primary N) is 1. The highest BCUT2D eigenvalue weighted by atomic mass is 16.3. The van der Waals surface area contributed by atoms with E-state index in [0.717, 1.165) is 11.4 Å². The summed E-state index contributed by atoms with van der Waals surface area (Å²) in [5.74, 6) is 0.989. The summed E-state index contributed by atoms with van der Waals surface area (Å²) in [5, 5.41) is 12.4. The number of aromatic hydroxyl groups is 1. The van der Waals surface area contributed by atoms with Crippen molar-refractivity contribution >= 4 is 11.5 Å². The Hall–Kier alpha value is -2.23. The van der Waals surface area contributed by atoms with Crippen LogP contribution < -0.4 is 11.1 Å². The second-order valence-corrected chi connectivity index (χ2v) is 3.50. The van der Waals surface area contributed by atoms with Crippen LogP contribution in [0.3, 0.4) is 0 Å². The molecule has 0 fully saturated rings. The van der Waals surface area contributed by atoms with Gasteiger partial charge in [0.2, 0.25) is 0 Å². The van der Waals surface area contributed by atoms with Crippen LogP contribution in [0.25, 0.3) is 0 Å². The number of aromatic nitrogens is 1. The summed E-state index contributed by atoms with van der Waals surface area (Å²) in [6.07, 6.45) is 1.65. The van der Waals surface area contributed by atoms with Gasteiger partial charge in [0.1, 0.15) is 11.6 Å². The van der Waals surface area contributed by atoms with Gasteiger partial charge in [-0.15, -0.1) is 0 Å². The highest BCUT2D eigenvalue weighted by Gasteiger charge is 1.96. The monoisotopic (exact) mass is 215 g/mol. The van der Waals surface area contributed by atoms with Gasteiger partial charge in [-0.25, -0.2) is 4.98 Å². The minimum Gasteiger partial charge on any atom is -0.508 e. The zero-order chi connectivity index (χ0) is 11.4. The number of nitrogens with one attached hydrogen (secondary N) is 1. The first-order valence-electron chi connectivity index (χ1n) is 4.97. The van der Waals surface area contributed by atoms with Crippen molar-refractivity contribution in [1.29, 1.82) is 0 Å². The van der Waals surface area contributed by atoms with Crippen molar-refractivity contribution in [2.75, 3.05) is 11.1 Å². The maximum atomic E-state index is 9.29. The number of nitrogens with zero attached hydrogens (tertiary/aromatic N) is 1. The molecule has 0 amide bonds. The molecule has 4 N–H and O–H groups in total. The second-order valence-electron chi connectivity index (χ2n) is 3.50. The van der Waals surface area contributed by atoms with Gasteiger partial charge in [0.25, 0.3) is 0 Å². The maximum Gasteiger partial charge on any atom is 0.128 e. The van der Waals surface area contributed by atoms with Gasteiger partial charge < -0.3 is 16.2 Å². The molecular formula is C12H13N3O. The van der Waals surface area contributed by atoms with Crippen LogP contribution in [0, 0.1) is 0 Å². The standard InChI is InChI=1S/C12H13N3O/c13-10-4-5-14-12(7-10)15-8-9-2-1-3-11(16)6-9/h1-7,16H,8H2,(H3,13,14,15). The SMILES string of the molecule is Nc1ccnc(NCc2cccc(O)c2)c1. The van der Waals surface area contributed by atoms with E-state index in [0.29, 0.717) is 12.2 Å². The smallest absolute Gasteiger partial charge is 0.128 e. The Bertz CT molecular complexity index is 440. The molecule has 0 unspecified atom stereocenters. The Labute approximate surface area is 93.8 Å². The summed E-state index contributed by atoms with van der Waals surface area (Å²) in [5.41, 5.74) is 7.30. The molecule has 0 aliphatic rings. The Morgan fingerprint density at radius 2 is 2.12 bits per heavy atom. The fraction of sp³-hybridized carbons (Fsp3) is 0.0833. The van der Waals surface area contributed by atoms with Gasteiger partial charge in [-0.3, -0.25) is 0 Å². The van der Waals surface area contributed by atoms with Gasteiger partial charge in [0.05, 0.1) is 0 Å². The molecule has 0 bridgehead atoms. The first kappa shape index (κ1) is 10.3. The Balaban J connectivity index is 2.02. The molecule has 0 radical (unpaired) electrons. The molecule has 4 heteroatoms. The zero-order valence-corrected chi connectivity index (χ0v) is 8.72. The molecule has 82 valence electrons. The normalized spacial score (nSPS) is 10.0. The van der Waals surface area contributed by atoms with Gasteiger partial charge in [-0.05, 0) is 23.8 Å². The summed E-state index contributed by atoms with van der Waals surface area (Å²) in [6, 6.07) is 10.6. The van der Waals surface area contributed by atoms with Gasteiger partial charge in [-0.2, -0.15) is 0 Å². The van der Waals surface area contributed by atoms with Crippen LogP contribution in [-0.4, -0.2) is 10.1 Å². The van der Waals surface area contributed by atoms with Crippen LogP contribution >= 0.6 is 0 Å². The Kier molecular flexibility index (Phi) is 2.91. The average Bonchev–Trinajstić information content (AvgIpc) is 2.27. The van der Waals surface area contributed by atoms with Crippen LogP contribution in [0.5, 0.6) is 5.75 Å². The lowest BCUT2D eigenvalue weighted by Crippen LogP contribution is -2.01. The first-order chi connectivity index (χ1) is 7.74. The van der Waals surface area contributed by atoms with Gasteiger partial charge in [-0.1, -0.05) is 12.1 Å². The molecule has 0 aliphatic heterocycles. The topological polar surface area (TPSA) is 71.2 Å². The molecule has 0 saturated carbocycles.